The standard InChI is InChI=1S/C23H28N7O4P/c1-24-23(32)20-17(11-18(27-28-20)26-22(31)13-9-10-13)25-15-8-6-7-14(21(15)34-3)16-12-19(30(2)29-16)35(4,5)33/h6-8,11-13H,9-10H2,1-5H3,(H,24,32)(H2,25,26,27,31)/i1D3. The third kappa shape index (κ3) is 5.19. The third-order valence-corrected chi connectivity index (χ3v) is 7.02. The summed E-state index contributed by atoms with van der Waals surface area (Å²) in [6.45, 7) is 0.566. The Kier molecular flexibility index (Phi) is 5.60. The quantitative estimate of drug-likeness (QED) is 0.401. The molecule has 0 bridgehead atoms. The lowest BCUT2D eigenvalue weighted by molar-refractivity contribution is -0.117. The summed E-state index contributed by atoms with van der Waals surface area (Å²) in [4.78, 5) is 25.0. The van der Waals surface area contributed by atoms with Gasteiger partial charge in [-0.1, -0.05) is 6.07 Å². The van der Waals surface area contributed by atoms with Crippen LogP contribution in [0.25, 0.3) is 11.3 Å². The van der Waals surface area contributed by atoms with E-state index < -0.39 is 20.0 Å². The first-order valence-electron chi connectivity index (χ1n) is 12.3. The number of anilines is 3. The van der Waals surface area contributed by atoms with E-state index in [4.69, 9.17) is 8.85 Å². The molecular weight excluding hydrogens is 469 g/mol. The second-order valence-corrected chi connectivity index (χ2v) is 11.7. The van der Waals surface area contributed by atoms with Gasteiger partial charge in [-0.3, -0.25) is 14.3 Å². The van der Waals surface area contributed by atoms with Gasteiger partial charge in [0.15, 0.2) is 17.3 Å². The molecule has 0 radical (unpaired) electrons. The molecule has 2 heterocycles. The summed E-state index contributed by atoms with van der Waals surface area (Å²) in [6.07, 6.45) is 1.57. The van der Waals surface area contributed by atoms with Crippen molar-refractivity contribution in [2.75, 3.05) is 38.0 Å². The number of rotatable bonds is 8. The highest BCUT2D eigenvalue weighted by molar-refractivity contribution is 7.69. The number of nitrogens with zero attached hydrogens (tertiary/aromatic N) is 4. The second kappa shape index (κ2) is 9.50. The number of carbonyl (C=O) groups excluding carboxylic acids is 2. The molecule has 0 aliphatic heterocycles. The van der Waals surface area contributed by atoms with Gasteiger partial charge in [-0.05, 0) is 44.4 Å². The summed E-state index contributed by atoms with van der Waals surface area (Å²) in [6, 6.07) is 8.33. The van der Waals surface area contributed by atoms with Crippen molar-refractivity contribution in [1.82, 2.24) is 25.3 Å². The summed E-state index contributed by atoms with van der Waals surface area (Å²) in [7, 11) is 0.580. The monoisotopic (exact) mass is 500 g/mol. The number of methoxy groups -OCH3 is 1. The Morgan fingerprint density at radius 2 is 1.97 bits per heavy atom. The maximum atomic E-state index is 12.7. The zero-order chi connectivity index (χ0) is 27.8. The first kappa shape index (κ1) is 20.6. The normalized spacial score (nSPS) is 14.9. The highest BCUT2D eigenvalue weighted by Crippen LogP contribution is 2.40. The maximum Gasteiger partial charge on any atom is 0.273 e. The van der Waals surface area contributed by atoms with Gasteiger partial charge in [0, 0.05) is 35.7 Å². The van der Waals surface area contributed by atoms with E-state index in [1.165, 1.54) is 13.2 Å². The Morgan fingerprint density at radius 1 is 1.20 bits per heavy atom. The number of amides is 2. The molecule has 1 saturated carbocycles. The van der Waals surface area contributed by atoms with Crippen molar-refractivity contribution in [2.24, 2.45) is 13.0 Å². The predicted octanol–water partition coefficient (Wildman–Crippen LogP) is 2.59. The van der Waals surface area contributed by atoms with Gasteiger partial charge in [0.1, 0.15) is 7.14 Å². The van der Waals surface area contributed by atoms with Gasteiger partial charge in [-0.25, -0.2) is 0 Å². The number of para-hydroxylation sites is 1. The van der Waals surface area contributed by atoms with Gasteiger partial charge >= 0.3 is 0 Å². The maximum absolute atomic E-state index is 12.7. The summed E-state index contributed by atoms with van der Waals surface area (Å²) in [5, 5.41) is 19.9. The van der Waals surface area contributed by atoms with E-state index in [1.807, 2.05) is 5.32 Å². The lowest BCUT2D eigenvalue weighted by atomic mass is 10.1. The Bertz CT molecular complexity index is 1450. The van der Waals surface area contributed by atoms with E-state index in [9.17, 15) is 14.2 Å². The SMILES string of the molecule is [2H]C([2H])([2H])NC(=O)c1nnc(NC(=O)C2CC2)cc1Nc1cccc(-c2cc(P(C)(C)=O)n(C)n2)c1OC. The van der Waals surface area contributed by atoms with Crippen LogP contribution in [-0.2, 0) is 16.4 Å². The van der Waals surface area contributed by atoms with Crippen molar-refractivity contribution < 1.29 is 23.0 Å². The number of aromatic nitrogens is 4. The Morgan fingerprint density at radius 3 is 2.60 bits per heavy atom. The number of carbonyl (C=O) groups is 2. The molecular formula is C23H28N7O4P. The van der Waals surface area contributed by atoms with Crippen LogP contribution in [-0.4, -0.2) is 59.2 Å². The van der Waals surface area contributed by atoms with E-state index in [2.05, 4.69) is 25.9 Å². The highest BCUT2D eigenvalue weighted by atomic mass is 31.2. The lowest BCUT2D eigenvalue weighted by Gasteiger charge is -2.16. The fraction of sp³-hybridized carbons (Fsp3) is 0.348. The van der Waals surface area contributed by atoms with Crippen molar-refractivity contribution in [1.29, 1.82) is 0 Å². The molecule has 3 N–H and O–H groups in total. The minimum absolute atomic E-state index is 0.0895. The summed E-state index contributed by atoms with van der Waals surface area (Å²) in [5.41, 5.74) is 1.91. The number of nitrogens with one attached hydrogen (secondary N) is 3. The number of hydrogen-bond donors (Lipinski definition) is 3. The van der Waals surface area contributed by atoms with Gasteiger partial charge < -0.3 is 25.3 Å². The van der Waals surface area contributed by atoms with Crippen molar-refractivity contribution in [3.8, 4) is 17.0 Å². The molecule has 11 nitrogen and oxygen atoms in total. The topological polar surface area (TPSA) is 140 Å². The lowest BCUT2D eigenvalue weighted by Crippen LogP contribution is -2.22. The summed E-state index contributed by atoms with van der Waals surface area (Å²) >= 11 is 0. The van der Waals surface area contributed by atoms with Crippen molar-refractivity contribution in [3.63, 3.8) is 0 Å². The van der Waals surface area contributed by atoms with E-state index in [-0.39, 0.29) is 29.0 Å². The van der Waals surface area contributed by atoms with Crippen LogP contribution in [0, 0.1) is 5.92 Å². The van der Waals surface area contributed by atoms with Gasteiger partial charge in [-0.2, -0.15) is 5.10 Å². The van der Waals surface area contributed by atoms with Crippen LogP contribution in [0.5, 0.6) is 5.75 Å². The van der Waals surface area contributed by atoms with Gasteiger partial charge in [0.2, 0.25) is 5.91 Å². The predicted molar refractivity (Wildman–Crippen MR) is 134 cm³/mol. The van der Waals surface area contributed by atoms with Crippen LogP contribution in [0.4, 0.5) is 17.2 Å². The van der Waals surface area contributed by atoms with Gasteiger partial charge in [0.05, 0.1) is 29.6 Å². The fourth-order valence-corrected chi connectivity index (χ4v) is 4.82. The fourth-order valence-electron chi connectivity index (χ4n) is 3.64. The van der Waals surface area contributed by atoms with Crippen molar-refractivity contribution in [3.05, 3.63) is 36.0 Å². The van der Waals surface area contributed by atoms with Crippen molar-refractivity contribution in [2.45, 2.75) is 12.8 Å². The van der Waals surface area contributed by atoms with Crippen LogP contribution in [0.2, 0.25) is 0 Å². The molecule has 2 amide bonds. The van der Waals surface area contributed by atoms with Crippen LogP contribution in [0.1, 0.15) is 27.4 Å². The molecule has 1 aliphatic carbocycles. The van der Waals surface area contributed by atoms with Crippen LogP contribution in [0.3, 0.4) is 0 Å². The molecule has 0 spiro atoms. The Labute approximate surface area is 207 Å². The minimum Gasteiger partial charge on any atom is -0.494 e. The molecule has 0 atom stereocenters. The molecule has 184 valence electrons. The molecule has 0 saturated heterocycles. The van der Waals surface area contributed by atoms with E-state index in [1.54, 1.807) is 49.3 Å². The van der Waals surface area contributed by atoms with E-state index in [0.29, 0.717) is 28.1 Å². The number of benzene rings is 1. The Balaban J connectivity index is 1.75. The van der Waals surface area contributed by atoms with Gasteiger partial charge in [-0.15, -0.1) is 10.2 Å². The third-order valence-electron chi connectivity index (χ3n) is 5.49. The smallest absolute Gasteiger partial charge is 0.273 e. The molecule has 3 aromatic rings. The molecule has 12 heteroatoms. The average molecular weight is 501 g/mol. The van der Waals surface area contributed by atoms with E-state index in [0.717, 1.165) is 12.8 Å². The summed E-state index contributed by atoms with van der Waals surface area (Å²) < 4.78 is 42.0. The van der Waals surface area contributed by atoms with E-state index >= 15 is 0 Å². The van der Waals surface area contributed by atoms with Crippen LogP contribution < -0.4 is 26.1 Å². The molecule has 35 heavy (non-hydrogen) atoms. The number of aryl methyl sites for hydroxylation is 1. The second-order valence-electron chi connectivity index (χ2n) is 8.58. The highest BCUT2D eigenvalue weighted by Gasteiger charge is 2.30. The molecule has 1 aliphatic rings. The zero-order valence-corrected chi connectivity index (χ0v) is 20.6. The Hall–Kier alpha value is -3.72. The molecule has 2 aromatic heterocycles. The van der Waals surface area contributed by atoms with Crippen molar-refractivity contribution >= 4 is 41.6 Å². The first-order chi connectivity index (χ1) is 17.8. The van der Waals surface area contributed by atoms with Crippen LogP contribution >= 0.6 is 7.14 Å². The minimum atomic E-state index is -2.75. The first-order valence-corrected chi connectivity index (χ1v) is 13.4. The average Bonchev–Trinajstić information content (AvgIpc) is 3.58. The molecule has 0 unspecified atom stereocenters. The zero-order valence-electron chi connectivity index (χ0n) is 22.7. The molecule has 1 fully saturated rings. The largest absolute Gasteiger partial charge is 0.494 e. The van der Waals surface area contributed by atoms with Gasteiger partial charge in [0.25, 0.3) is 5.91 Å². The summed E-state index contributed by atoms with van der Waals surface area (Å²) in [5.74, 6) is -0.818. The molecule has 1 aromatic carbocycles. The molecule has 4 rings (SSSR count). The number of hydrogen-bond acceptors (Lipinski definition) is 8. The van der Waals surface area contributed by atoms with Crippen LogP contribution in [0.15, 0.2) is 30.3 Å². The number of ether oxygens (including phenoxy) is 1.